The summed E-state index contributed by atoms with van der Waals surface area (Å²) in [4.78, 5) is 10.8. The fourth-order valence-corrected chi connectivity index (χ4v) is 3.10. The van der Waals surface area contributed by atoms with Crippen molar-refractivity contribution in [2.75, 3.05) is 6.54 Å². The molecule has 0 bridgehead atoms. The van der Waals surface area contributed by atoms with Gasteiger partial charge in [0.05, 0.1) is 10.6 Å². The van der Waals surface area contributed by atoms with E-state index in [1.807, 2.05) is 6.07 Å². The van der Waals surface area contributed by atoms with Crippen LogP contribution in [0.15, 0.2) is 18.2 Å². The lowest BCUT2D eigenvalue weighted by atomic mass is 9.98. The molecule has 0 fully saturated rings. The van der Waals surface area contributed by atoms with Crippen molar-refractivity contribution in [2.45, 2.75) is 39.8 Å². The first-order chi connectivity index (χ1) is 10.5. The van der Waals surface area contributed by atoms with Gasteiger partial charge in [0.1, 0.15) is 0 Å². The lowest BCUT2D eigenvalue weighted by Gasteiger charge is -2.17. The van der Waals surface area contributed by atoms with Crippen molar-refractivity contribution < 1.29 is 4.92 Å². The molecule has 0 spiro atoms. The minimum atomic E-state index is -0.330. The molecule has 0 saturated heterocycles. The molecule has 1 aromatic carbocycles. The van der Waals surface area contributed by atoms with Gasteiger partial charge >= 0.3 is 0 Å². The van der Waals surface area contributed by atoms with Crippen molar-refractivity contribution in [2.24, 2.45) is 0 Å². The van der Waals surface area contributed by atoms with Crippen LogP contribution in [0.5, 0.6) is 0 Å². The predicted octanol–water partition coefficient (Wildman–Crippen LogP) is 2.99. The lowest BCUT2D eigenvalue weighted by molar-refractivity contribution is -0.385. The van der Waals surface area contributed by atoms with E-state index in [0.29, 0.717) is 5.56 Å². The van der Waals surface area contributed by atoms with Crippen LogP contribution >= 0.6 is 0 Å². The number of nitro benzene ring substituents is 1. The quantitative estimate of drug-likeness (QED) is 0.698. The Kier molecular flexibility index (Phi) is 3.70. The molecule has 2 aromatic rings. The van der Waals surface area contributed by atoms with Crippen LogP contribution in [0.1, 0.15) is 36.7 Å². The Labute approximate surface area is 129 Å². The molecule has 1 aromatic heterocycles. The van der Waals surface area contributed by atoms with Gasteiger partial charge in [0.2, 0.25) is 0 Å². The fraction of sp³-hybridized carbons (Fsp3) is 0.438. The molecule has 1 aliphatic heterocycles. The van der Waals surface area contributed by atoms with E-state index in [1.165, 1.54) is 11.3 Å². The highest BCUT2D eigenvalue weighted by Crippen LogP contribution is 2.34. The minimum Gasteiger partial charge on any atom is -0.312 e. The second kappa shape index (κ2) is 5.53. The molecule has 6 nitrogen and oxygen atoms in total. The summed E-state index contributed by atoms with van der Waals surface area (Å²) in [5.74, 6) is 0. The van der Waals surface area contributed by atoms with Crippen molar-refractivity contribution in [1.29, 1.82) is 0 Å². The Morgan fingerprint density at radius 3 is 2.86 bits per heavy atom. The molecular formula is C16H20N4O2. The van der Waals surface area contributed by atoms with E-state index >= 15 is 0 Å². The third-order valence-electron chi connectivity index (χ3n) is 4.20. The molecule has 3 rings (SSSR count). The van der Waals surface area contributed by atoms with E-state index in [1.54, 1.807) is 19.1 Å². The van der Waals surface area contributed by atoms with Crippen LogP contribution in [0.25, 0.3) is 11.3 Å². The number of nitrogens with zero attached hydrogens (tertiary/aromatic N) is 3. The third kappa shape index (κ3) is 2.29. The number of fused-ring (bicyclic) bond motifs is 1. The summed E-state index contributed by atoms with van der Waals surface area (Å²) in [5, 5.41) is 19.3. The Hall–Kier alpha value is -2.21. The molecule has 0 unspecified atom stereocenters. The molecule has 0 atom stereocenters. The number of hydrogen-bond donors (Lipinski definition) is 1. The molecule has 116 valence electrons. The molecule has 0 aliphatic carbocycles. The Morgan fingerprint density at radius 1 is 1.41 bits per heavy atom. The smallest absolute Gasteiger partial charge is 0.272 e. The van der Waals surface area contributed by atoms with Gasteiger partial charge in [-0.2, -0.15) is 5.10 Å². The Bertz CT molecular complexity index is 734. The summed E-state index contributed by atoms with van der Waals surface area (Å²) in [6.45, 7) is 7.72. The first kappa shape index (κ1) is 14.7. The van der Waals surface area contributed by atoms with Gasteiger partial charge in [-0.25, -0.2) is 0 Å². The van der Waals surface area contributed by atoms with Gasteiger partial charge < -0.3 is 5.32 Å². The zero-order valence-electron chi connectivity index (χ0n) is 13.1. The number of nitrogens with one attached hydrogen (secondary N) is 1. The SMILES string of the molecule is Cc1c(-c2nn(C(C)C)c3c2CNCC3)cccc1[N+](=O)[O-]. The Morgan fingerprint density at radius 2 is 2.18 bits per heavy atom. The second-order valence-corrected chi connectivity index (χ2v) is 5.95. The first-order valence-electron chi connectivity index (χ1n) is 7.56. The van der Waals surface area contributed by atoms with Gasteiger partial charge in [-0.1, -0.05) is 12.1 Å². The minimum absolute atomic E-state index is 0.147. The summed E-state index contributed by atoms with van der Waals surface area (Å²) in [5.41, 5.74) is 4.97. The van der Waals surface area contributed by atoms with Crippen LogP contribution in [0, 0.1) is 17.0 Å². The maximum absolute atomic E-state index is 11.2. The predicted molar refractivity (Wildman–Crippen MR) is 84.9 cm³/mol. The van der Waals surface area contributed by atoms with Crippen LogP contribution in [-0.4, -0.2) is 21.2 Å². The molecule has 0 amide bonds. The molecular weight excluding hydrogens is 280 g/mol. The highest BCUT2D eigenvalue weighted by molar-refractivity contribution is 5.71. The van der Waals surface area contributed by atoms with Gasteiger partial charge in [-0.15, -0.1) is 0 Å². The number of benzene rings is 1. The number of hydrogen-bond acceptors (Lipinski definition) is 4. The van der Waals surface area contributed by atoms with E-state index in [0.717, 1.165) is 30.8 Å². The van der Waals surface area contributed by atoms with E-state index < -0.39 is 0 Å². The van der Waals surface area contributed by atoms with Crippen molar-refractivity contribution in [3.05, 3.63) is 45.1 Å². The van der Waals surface area contributed by atoms with Crippen LogP contribution in [0.3, 0.4) is 0 Å². The summed E-state index contributed by atoms with van der Waals surface area (Å²) >= 11 is 0. The van der Waals surface area contributed by atoms with Crippen LogP contribution < -0.4 is 5.32 Å². The maximum Gasteiger partial charge on any atom is 0.272 e. The highest BCUT2D eigenvalue weighted by Gasteiger charge is 2.25. The maximum atomic E-state index is 11.2. The summed E-state index contributed by atoms with van der Waals surface area (Å²) in [6.07, 6.45) is 0.939. The van der Waals surface area contributed by atoms with Crippen LogP contribution in [-0.2, 0) is 13.0 Å². The summed E-state index contributed by atoms with van der Waals surface area (Å²) in [7, 11) is 0. The van der Waals surface area contributed by atoms with Crippen molar-refractivity contribution in [3.63, 3.8) is 0 Å². The zero-order chi connectivity index (χ0) is 15.9. The monoisotopic (exact) mass is 300 g/mol. The van der Waals surface area contributed by atoms with Crippen LogP contribution in [0.2, 0.25) is 0 Å². The van der Waals surface area contributed by atoms with E-state index in [9.17, 15) is 10.1 Å². The van der Waals surface area contributed by atoms with E-state index in [2.05, 4.69) is 23.8 Å². The average molecular weight is 300 g/mol. The largest absolute Gasteiger partial charge is 0.312 e. The summed E-state index contributed by atoms with van der Waals surface area (Å²) in [6, 6.07) is 5.48. The molecule has 1 aliphatic rings. The summed E-state index contributed by atoms with van der Waals surface area (Å²) < 4.78 is 2.06. The molecule has 22 heavy (non-hydrogen) atoms. The van der Waals surface area contributed by atoms with Crippen molar-refractivity contribution >= 4 is 5.69 Å². The van der Waals surface area contributed by atoms with Gasteiger partial charge in [-0.05, 0) is 20.8 Å². The number of aromatic nitrogens is 2. The molecule has 0 saturated carbocycles. The van der Waals surface area contributed by atoms with Gasteiger partial charge in [0.25, 0.3) is 5.69 Å². The fourth-order valence-electron chi connectivity index (χ4n) is 3.10. The number of nitro groups is 1. The molecule has 6 heteroatoms. The van der Waals surface area contributed by atoms with Crippen molar-refractivity contribution in [1.82, 2.24) is 15.1 Å². The average Bonchev–Trinajstić information content (AvgIpc) is 2.87. The zero-order valence-corrected chi connectivity index (χ0v) is 13.1. The molecule has 2 heterocycles. The highest BCUT2D eigenvalue weighted by atomic mass is 16.6. The lowest BCUT2D eigenvalue weighted by Crippen LogP contribution is -2.25. The van der Waals surface area contributed by atoms with Gasteiger partial charge in [0.15, 0.2) is 0 Å². The van der Waals surface area contributed by atoms with Gasteiger partial charge in [-0.3, -0.25) is 14.8 Å². The molecule has 0 radical (unpaired) electrons. The second-order valence-electron chi connectivity index (χ2n) is 5.95. The van der Waals surface area contributed by atoms with E-state index in [4.69, 9.17) is 5.10 Å². The molecule has 1 N–H and O–H groups in total. The Balaban J connectivity index is 2.21. The van der Waals surface area contributed by atoms with Gasteiger partial charge in [0, 0.05) is 54.0 Å². The van der Waals surface area contributed by atoms with E-state index in [-0.39, 0.29) is 16.7 Å². The first-order valence-corrected chi connectivity index (χ1v) is 7.56. The third-order valence-corrected chi connectivity index (χ3v) is 4.20. The van der Waals surface area contributed by atoms with Crippen molar-refractivity contribution in [3.8, 4) is 11.3 Å². The topological polar surface area (TPSA) is 73.0 Å². The normalized spacial score (nSPS) is 14.2. The van der Waals surface area contributed by atoms with Crippen LogP contribution in [0.4, 0.5) is 5.69 Å². The standard InChI is InChI=1S/C16H20N4O2/c1-10(2)19-15-7-8-17-9-13(15)16(18-19)12-5-4-6-14(11(12)3)20(21)22/h4-6,10,17H,7-9H2,1-3H3. The number of rotatable bonds is 3.